The largest absolute Gasteiger partial charge is 0.341 e. The van der Waals surface area contributed by atoms with Crippen LogP contribution in [0.2, 0.25) is 0 Å². The maximum Gasteiger partial charge on any atom is 0.323 e. The molecule has 0 saturated carbocycles. The monoisotopic (exact) mass is 344 g/mol. The van der Waals surface area contributed by atoms with Gasteiger partial charge in [0.05, 0.1) is 11.4 Å². The Morgan fingerprint density at radius 3 is 2.48 bits per heavy atom. The van der Waals surface area contributed by atoms with E-state index in [1.165, 1.54) is 0 Å². The second-order valence-corrected chi connectivity index (χ2v) is 5.49. The molecule has 0 unspecified atom stereocenters. The molecule has 0 atom stereocenters. The molecule has 0 saturated heterocycles. The van der Waals surface area contributed by atoms with Gasteiger partial charge in [-0.25, -0.2) is 4.79 Å². The molecule has 2 aromatic carbocycles. The number of rotatable bonds is 2. The van der Waals surface area contributed by atoms with Gasteiger partial charge in [-0.15, -0.1) is 0 Å². The number of benzene rings is 2. The van der Waals surface area contributed by atoms with Crippen LogP contribution in [-0.2, 0) is 0 Å². The van der Waals surface area contributed by atoms with E-state index in [-0.39, 0.29) is 6.03 Å². The van der Waals surface area contributed by atoms with Crippen LogP contribution in [0.4, 0.5) is 27.5 Å². The number of hydrogen-bond donors (Lipinski definition) is 4. The second-order valence-electron chi connectivity index (χ2n) is 4.58. The fourth-order valence-corrected chi connectivity index (χ4v) is 2.45. The molecule has 2 amide bonds. The molecule has 2 aromatic rings. The van der Waals surface area contributed by atoms with E-state index in [0.29, 0.717) is 5.69 Å². The molecule has 106 valence electrons. The van der Waals surface area contributed by atoms with Crippen molar-refractivity contribution in [1.82, 2.24) is 0 Å². The third-order valence-corrected chi connectivity index (χ3v) is 3.42. The van der Waals surface area contributed by atoms with Gasteiger partial charge >= 0.3 is 6.03 Å². The third-order valence-electron chi connectivity index (χ3n) is 2.93. The van der Waals surface area contributed by atoms with E-state index in [1.54, 1.807) is 0 Å². The van der Waals surface area contributed by atoms with Gasteiger partial charge in [-0.2, -0.15) is 0 Å². The lowest BCUT2D eigenvalue weighted by atomic mass is 10.2. The lowest BCUT2D eigenvalue weighted by Gasteiger charge is -2.09. The summed E-state index contributed by atoms with van der Waals surface area (Å²) in [5, 5.41) is 11.7. The number of anilines is 4. The molecule has 0 bridgehead atoms. The van der Waals surface area contributed by atoms with E-state index in [2.05, 4.69) is 43.8 Å². The van der Waals surface area contributed by atoms with Crippen molar-refractivity contribution in [2.24, 2.45) is 0 Å². The van der Waals surface area contributed by atoms with E-state index in [1.807, 2.05) is 42.5 Å². The molecular formula is C15H13BrN4O. The summed E-state index contributed by atoms with van der Waals surface area (Å²) in [6.45, 7) is 3.80. The maximum atomic E-state index is 12.0. The van der Waals surface area contributed by atoms with E-state index in [9.17, 15) is 4.79 Å². The number of hydrogen-bond acceptors (Lipinski definition) is 3. The molecule has 1 heterocycles. The molecule has 6 heteroatoms. The van der Waals surface area contributed by atoms with Crippen molar-refractivity contribution in [2.75, 3.05) is 21.3 Å². The highest BCUT2D eigenvalue weighted by Crippen LogP contribution is 2.32. The summed E-state index contributed by atoms with van der Waals surface area (Å²) in [7, 11) is 0. The molecule has 4 N–H and O–H groups in total. The van der Waals surface area contributed by atoms with Gasteiger partial charge in [-0.05, 0) is 36.4 Å². The minimum absolute atomic E-state index is 0.294. The normalized spacial score (nSPS) is 12.1. The third kappa shape index (κ3) is 3.17. The van der Waals surface area contributed by atoms with Gasteiger partial charge in [0.1, 0.15) is 5.82 Å². The topological polar surface area (TPSA) is 65.2 Å². The second kappa shape index (κ2) is 5.49. The van der Waals surface area contributed by atoms with Gasteiger partial charge in [0.2, 0.25) is 0 Å². The van der Waals surface area contributed by atoms with E-state index >= 15 is 0 Å². The summed E-state index contributed by atoms with van der Waals surface area (Å²) in [6, 6.07) is 12.7. The van der Waals surface area contributed by atoms with Crippen molar-refractivity contribution in [3.63, 3.8) is 0 Å². The van der Waals surface area contributed by atoms with Crippen molar-refractivity contribution in [3.8, 4) is 0 Å². The van der Waals surface area contributed by atoms with Crippen LogP contribution in [0.1, 0.15) is 0 Å². The van der Waals surface area contributed by atoms with Gasteiger partial charge in [0.15, 0.2) is 0 Å². The highest BCUT2D eigenvalue weighted by atomic mass is 79.9. The predicted molar refractivity (Wildman–Crippen MR) is 89.6 cm³/mol. The van der Waals surface area contributed by atoms with Crippen LogP contribution in [0.5, 0.6) is 0 Å². The van der Waals surface area contributed by atoms with Gasteiger partial charge in [0.25, 0.3) is 0 Å². The Hall–Kier alpha value is -2.47. The number of nitrogens with one attached hydrogen (secondary N) is 4. The van der Waals surface area contributed by atoms with Gasteiger partial charge in [0, 0.05) is 15.8 Å². The summed E-state index contributed by atoms with van der Waals surface area (Å²) in [6.07, 6.45) is 0. The molecule has 1 aliphatic heterocycles. The number of halogens is 1. The number of carbonyl (C=O) groups is 1. The molecule has 3 rings (SSSR count). The van der Waals surface area contributed by atoms with Gasteiger partial charge in [-0.3, -0.25) is 0 Å². The minimum atomic E-state index is -0.294. The average Bonchev–Trinajstić information content (AvgIpc) is 2.78. The van der Waals surface area contributed by atoms with E-state index in [4.69, 9.17) is 0 Å². The lowest BCUT2D eigenvalue weighted by molar-refractivity contribution is 0.262. The number of amides is 2. The first-order valence-electron chi connectivity index (χ1n) is 6.31. The Labute approximate surface area is 130 Å². The Morgan fingerprint density at radius 1 is 1.00 bits per heavy atom. The average molecular weight is 345 g/mol. The zero-order valence-electron chi connectivity index (χ0n) is 11.0. The molecule has 0 spiro atoms. The van der Waals surface area contributed by atoms with Crippen molar-refractivity contribution >= 4 is 44.7 Å². The number of urea groups is 1. The minimum Gasteiger partial charge on any atom is -0.341 e. The summed E-state index contributed by atoms with van der Waals surface area (Å²) < 4.78 is 0.909. The molecule has 0 fully saturated rings. The van der Waals surface area contributed by atoms with Crippen LogP contribution < -0.4 is 21.3 Å². The Bertz CT molecular complexity index is 729. The first kappa shape index (κ1) is 13.5. The van der Waals surface area contributed by atoms with Crippen LogP contribution in [0.15, 0.2) is 59.3 Å². The number of fused-ring (bicyclic) bond motifs is 1. The zero-order valence-corrected chi connectivity index (χ0v) is 12.6. The lowest BCUT2D eigenvalue weighted by Crippen LogP contribution is -2.19. The van der Waals surface area contributed by atoms with Crippen LogP contribution in [0.25, 0.3) is 0 Å². The Kier molecular flexibility index (Phi) is 3.53. The van der Waals surface area contributed by atoms with Crippen molar-refractivity contribution in [2.45, 2.75) is 0 Å². The molecule has 0 radical (unpaired) electrons. The standard InChI is InChI=1S/C15H13BrN4O/c1-9-17-13-6-5-12(8-14(13)18-9)20-15(21)19-11-4-2-3-10(16)7-11/h2-8,17-18H,1H2,(H2,19,20,21). The fourth-order valence-electron chi connectivity index (χ4n) is 2.05. The van der Waals surface area contributed by atoms with Crippen LogP contribution in [0.3, 0.4) is 0 Å². The van der Waals surface area contributed by atoms with Gasteiger partial charge < -0.3 is 21.3 Å². The summed E-state index contributed by atoms with van der Waals surface area (Å²) in [4.78, 5) is 12.0. The van der Waals surface area contributed by atoms with Crippen LogP contribution in [0, 0.1) is 0 Å². The van der Waals surface area contributed by atoms with Crippen LogP contribution >= 0.6 is 15.9 Å². The molecule has 21 heavy (non-hydrogen) atoms. The Balaban J connectivity index is 1.68. The van der Waals surface area contributed by atoms with E-state index < -0.39 is 0 Å². The smallest absolute Gasteiger partial charge is 0.323 e. The van der Waals surface area contributed by atoms with Crippen LogP contribution in [-0.4, -0.2) is 6.03 Å². The van der Waals surface area contributed by atoms with Gasteiger partial charge in [-0.1, -0.05) is 28.6 Å². The van der Waals surface area contributed by atoms with Crippen molar-refractivity contribution < 1.29 is 4.79 Å². The summed E-state index contributed by atoms with van der Waals surface area (Å²) in [5.41, 5.74) is 3.25. The first-order valence-corrected chi connectivity index (χ1v) is 7.10. The summed E-state index contributed by atoms with van der Waals surface area (Å²) in [5.74, 6) is 0.723. The first-order chi connectivity index (χ1) is 10.1. The summed E-state index contributed by atoms with van der Waals surface area (Å²) >= 11 is 3.36. The van der Waals surface area contributed by atoms with Crippen molar-refractivity contribution in [1.29, 1.82) is 0 Å². The highest BCUT2D eigenvalue weighted by Gasteiger charge is 2.13. The highest BCUT2D eigenvalue weighted by molar-refractivity contribution is 9.10. The van der Waals surface area contributed by atoms with E-state index in [0.717, 1.165) is 27.4 Å². The molecule has 0 aromatic heterocycles. The quantitative estimate of drug-likeness (QED) is 0.652. The number of carbonyl (C=O) groups excluding carboxylic acids is 1. The van der Waals surface area contributed by atoms with Crippen molar-refractivity contribution in [3.05, 3.63) is 59.3 Å². The molecule has 1 aliphatic rings. The Morgan fingerprint density at radius 2 is 1.71 bits per heavy atom. The zero-order chi connectivity index (χ0) is 14.8. The predicted octanol–water partition coefficient (Wildman–Crippen LogP) is 4.40. The molecule has 5 nitrogen and oxygen atoms in total. The maximum absolute atomic E-state index is 12.0. The fraction of sp³-hybridized carbons (Fsp3) is 0. The molecular weight excluding hydrogens is 332 g/mol. The molecule has 0 aliphatic carbocycles. The SMILES string of the molecule is C=C1Nc2ccc(NC(=O)Nc3cccc(Br)c3)cc2N1.